The minimum Gasteiger partial charge on any atom is -0.318 e. The molecule has 6 nitrogen and oxygen atoms in total. The fraction of sp³-hybridized carbons (Fsp3) is 0.160. The minimum atomic E-state index is -1.21. The number of hydrazine groups is 1. The topological polar surface area (TPSA) is 78.5 Å². The van der Waals surface area contributed by atoms with E-state index in [1.165, 1.54) is 0 Å². The molecule has 0 aromatic heterocycles. The van der Waals surface area contributed by atoms with E-state index in [-0.39, 0.29) is 0 Å². The predicted molar refractivity (Wildman–Crippen MR) is 117 cm³/mol. The SMILES string of the molecule is CC[C@@]1(c2ccccc2)NC(=O)N(NC(=O)C(c2ccccc2)c2ccccc2)C1=O. The first-order valence-electron chi connectivity index (χ1n) is 10.2. The molecule has 0 unspecified atom stereocenters. The Morgan fingerprint density at radius 3 is 1.84 bits per heavy atom. The molecule has 3 aromatic rings. The number of imide groups is 1. The van der Waals surface area contributed by atoms with Crippen molar-refractivity contribution in [3.63, 3.8) is 0 Å². The lowest BCUT2D eigenvalue weighted by molar-refractivity contribution is -0.139. The second kappa shape index (κ2) is 8.44. The number of nitrogens with zero attached hydrogens (tertiary/aromatic N) is 1. The van der Waals surface area contributed by atoms with Crippen molar-refractivity contribution >= 4 is 17.8 Å². The molecule has 0 aliphatic carbocycles. The van der Waals surface area contributed by atoms with E-state index >= 15 is 0 Å². The summed E-state index contributed by atoms with van der Waals surface area (Å²) < 4.78 is 0. The van der Waals surface area contributed by atoms with Gasteiger partial charge in [0.25, 0.3) is 11.8 Å². The highest BCUT2D eigenvalue weighted by Gasteiger charge is 2.52. The summed E-state index contributed by atoms with van der Waals surface area (Å²) in [6, 6.07) is 27.0. The minimum absolute atomic E-state index is 0.356. The number of carbonyl (C=O) groups excluding carboxylic acids is 3. The molecule has 156 valence electrons. The fourth-order valence-corrected chi connectivity index (χ4v) is 4.00. The van der Waals surface area contributed by atoms with E-state index < -0.39 is 29.3 Å². The number of benzene rings is 3. The summed E-state index contributed by atoms with van der Waals surface area (Å²) in [6.07, 6.45) is 0.356. The van der Waals surface area contributed by atoms with Crippen molar-refractivity contribution in [2.45, 2.75) is 24.8 Å². The third kappa shape index (κ3) is 3.68. The van der Waals surface area contributed by atoms with Crippen LogP contribution >= 0.6 is 0 Å². The van der Waals surface area contributed by atoms with E-state index in [2.05, 4.69) is 10.7 Å². The van der Waals surface area contributed by atoms with E-state index in [9.17, 15) is 14.4 Å². The predicted octanol–water partition coefficient (Wildman–Crippen LogP) is 3.71. The van der Waals surface area contributed by atoms with E-state index in [0.717, 1.165) is 16.1 Å². The van der Waals surface area contributed by atoms with Crippen molar-refractivity contribution in [3.8, 4) is 0 Å². The molecule has 4 rings (SSSR count). The Bertz CT molecular complexity index is 1050. The summed E-state index contributed by atoms with van der Waals surface area (Å²) in [6.45, 7) is 1.83. The molecule has 1 atom stereocenters. The van der Waals surface area contributed by atoms with Gasteiger partial charge in [0.1, 0.15) is 5.54 Å². The lowest BCUT2D eigenvalue weighted by Crippen LogP contribution is -2.50. The van der Waals surface area contributed by atoms with Gasteiger partial charge in [-0.05, 0) is 23.1 Å². The largest absolute Gasteiger partial charge is 0.344 e. The smallest absolute Gasteiger partial charge is 0.318 e. The maximum atomic E-state index is 13.3. The molecule has 0 radical (unpaired) electrons. The van der Waals surface area contributed by atoms with Crippen LogP contribution in [0.3, 0.4) is 0 Å². The summed E-state index contributed by atoms with van der Waals surface area (Å²) in [5, 5.41) is 3.58. The highest BCUT2D eigenvalue weighted by Crippen LogP contribution is 2.32. The number of carbonyl (C=O) groups is 3. The molecule has 31 heavy (non-hydrogen) atoms. The van der Waals surface area contributed by atoms with Crippen LogP contribution < -0.4 is 10.7 Å². The molecular formula is C25H23N3O3. The Morgan fingerprint density at radius 1 is 0.871 bits per heavy atom. The van der Waals surface area contributed by atoms with E-state index in [1.54, 1.807) is 12.1 Å². The molecule has 6 heteroatoms. The van der Waals surface area contributed by atoms with Gasteiger partial charge in [-0.25, -0.2) is 4.79 Å². The molecule has 1 aliphatic heterocycles. The first kappa shape index (κ1) is 20.3. The highest BCUT2D eigenvalue weighted by molar-refractivity contribution is 6.08. The average molecular weight is 413 g/mol. The van der Waals surface area contributed by atoms with Gasteiger partial charge in [0.15, 0.2) is 0 Å². The first-order chi connectivity index (χ1) is 15.1. The second-order valence-corrected chi connectivity index (χ2v) is 7.43. The zero-order chi connectivity index (χ0) is 21.8. The summed E-state index contributed by atoms with van der Waals surface area (Å²) in [4.78, 5) is 39.4. The van der Waals surface area contributed by atoms with Crippen LogP contribution in [0.2, 0.25) is 0 Å². The van der Waals surface area contributed by atoms with Gasteiger partial charge >= 0.3 is 6.03 Å². The van der Waals surface area contributed by atoms with Crippen molar-refractivity contribution in [1.29, 1.82) is 0 Å². The lowest BCUT2D eigenvalue weighted by Gasteiger charge is -2.26. The molecule has 4 amide bonds. The monoisotopic (exact) mass is 413 g/mol. The molecule has 3 aromatic carbocycles. The summed E-state index contributed by atoms with van der Waals surface area (Å²) in [5.41, 5.74) is 3.57. The zero-order valence-corrected chi connectivity index (χ0v) is 17.1. The van der Waals surface area contributed by atoms with Crippen LogP contribution in [0.5, 0.6) is 0 Å². The summed E-state index contributed by atoms with van der Waals surface area (Å²) in [7, 11) is 0. The molecule has 1 heterocycles. The van der Waals surface area contributed by atoms with Crippen LogP contribution in [0.15, 0.2) is 91.0 Å². The molecule has 1 fully saturated rings. The molecule has 0 saturated carbocycles. The lowest BCUT2D eigenvalue weighted by atomic mass is 9.87. The maximum absolute atomic E-state index is 13.3. The van der Waals surface area contributed by atoms with Crippen LogP contribution in [0.4, 0.5) is 4.79 Å². The quantitative estimate of drug-likeness (QED) is 0.605. The van der Waals surface area contributed by atoms with Crippen LogP contribution in [0, 0.1) is 0 Å². The summed E-state index contributed by atoms with van der Waals surface area (Å²) >= 11 is 0. The number of urea groups is 1. The van der Waals surface area contributed by atoms with Gasteiger partial charge < -0.3 is 5.32 Å². The van der Waals surface area contributed by atoms with Crippen molar-refractivity contribution < 1.29 is 14.4 Å². The Kier molecular flexibility index (Phi) is 5.54. The van der Waals surface area contributed by atoms with Crippen LogP contribution in [-0.2, 0) is 15.1 Å². The summed E-state index contributed by atoms with van der Waals surface area (Å²) in [5.74, 6) is -1.63. The van der Waals surface area contributed by atoms with Crippen molar-refractivity contribution in [3.05, 3.63) is 108 Å². The number of hydrogen-bond donors (Lipinski definition) is 2. The molecule has 0 bridgehead atoms. The molecule has 1 aliphatic rings. The molecule has 2 N–H and O–H groups in total. The van der Waals surface area contributed by atoms with Gasteiger partial charge in [0.2, 0.25) is 0 Å². The standard InChI is InChI=1S/C25H23N3O3/c1-2-25(20-16-10-5-11-17-20)23(30)28(24(31)26-25)27-22(29)21(18-12-6-3-7-13-18)19-14-8-4-9-15-19/h3-17,21H,2H2,1H3,(H,26,31)(H,27,29)/t25-/m0/s1. The molecule has 1 saturated heterocycles. The van der Waals surface area contributed by atoms with Crippen LogP contribution in [0.25, 0.3) is 0 Å². The van der Waals surface area contributed by atoms with Crippen molar-refractivity contribution in [2.75, 3.05) is 0 Å². The highest BCUT2D eigenvalue weighted by atomic mass is 16.2. The van der Waals surface area contributed by atoms with Gasteiger partial charge in [0.05, 0.1) is 5.92 Å². The van der Waals surface area contributed by atoms with Gasteiger partial charge in [-0.1, -0.05) is 97.9 Å². The molecule has 0 spiro atoms. The van der Waals surface area contributed by atoms with Crippen molar-refractivity contribution in [2.24, 2.45) is 0 Å². The number of amides is 4. The number of nitrogens with one attached hydrogen (secondary N) is 2. The second-order valence-electron chi connectivity index (χ2n) is 7.43. The van der Waals surface area contributed by atoms with Gasteiger partial charge in [-0.15, -0.1) is 0 Å². The van der Waals surface area contributed by atoms with Crippen LogP contribution in [-0.4, -0.2) is 22.9 Å². The average Bonchev–Trinajstić information content (AvgIpc) is 3.06. The van der Waals surface area contributed by atoms with Crippen molar-refractivity contribution in [1.82, 2.24) is 15.8 Å². The first-order valence-corrected chi connectivity index (χ1v) is 10.2. The number of rotatable bonds is 6. The van der Waals surface area contributed by atoms with Gasteiger partial charge in [-0.2, -0.15) is 5.01 Å². The molecular weight excluding hydrogens is 390 g/mol. The normalized spacial score (nSPS) is 18.2. The van der Waals surface area contributed by atoms with E-state index in [0.29, 0.717) is 12.0 Å². The third-order valence-electron chi connectivity index (χ3n) is 5.64. The van der Waals surface area contributed by atoms with Gasteiger partial charge in [0, 0.05) is 0 Å². The van der Waals surface area contributed by atoms with Gasteiger partial charge in [-0.3, -0.25) is 15.0 Å². The fourth-order valence-electron chi connectivity index (χ4n) is 4.00. The van der Waals surface area contributed by atoms with E-state index in [4.69, 9.17) is 0 Å². The zero-order valence-electron chi connectivity index (χ0n) is 17.1. The van der Waals surface area contributed by atoms with E-state index in [1.807, 2.05) is 85.8 Å². The Labute approximate surface area is 180 Å². The number of hydrogen-bond acceptors (Lipinski definition) is 3. The Hall–Kier alpha value is -3.93. The Balaban J connectivity index is 1.65. The van der Waals surface area contributed by atoms with Crippen LogP contribution in [0.1, 0.15) is 36.0 Å². The maximum Gasteiger partial charge on any atom is 0.344 e. The third-order valence-corrected chi connectivity index (χ3v) is 5.64. The Morgan fingerprint density at radius 2 is 1.35 bits per heavy atom.